The molecule has 116 valence electrons. The third-order valence-corrected chi connectivity index (χ3v) is 4.08. The number of benzene rings is 1. The van der Waals surface area contributed by atoms with Gasteiger partial charge in [-0.3, -0.25) is 9.69 Å². The first-order chi connectivity index (χ1) is 10.0. The number of hydrogen-bond acceptors (Lipinski definition) is 3. The van der Waals surface area contributed by atoms with E-state index in [0.717, 1.165) is 31.5 Å². The summed E-state index contributed by atoms with van der Waals surface area (Å²) in [7, 11) is 0. The standard InChI is InChI=1S/C16H23FN2O2/c1-12(20)14-6-8-19(9-7-14)11-16(21)18-10-13-2-4-15(17)5-3-13/h2-5,12,14,20H,6-11H2,1H3,(H,18,21). The number of likely N-dealkylation sites (tertiary alicyclic amines) is 1. The monoisotopic (exact) mass is 294 g/mol. The SMILES string of the molecule is CC(O)C1CCN(CC(=O)NCc2ccc(F)cc2)CC1. The lowest BCUT2D eigenvalue weighted by molar-refractivity contribution is -0.122. The van der Waals surface area contributed by atoms with Gasteiger partial charge in [-0.05, 0) is 56.5 Å². The molecule has 1 aromatic carbocycles. The summed E-state index contributed by atoms with van der Waals surface area (Å²) in [5.41, 5.74) is 0.887. The Kier molecular flexibility index (Phi) is 5.70. The summed E-state index contributed by atoms with van der Waals surface area (Å²) in [4.78, 5) is 14.0. The van der Waals surface area contributed by atoms with Crippen molar-refractivity contribution in [1.29, 1.82) is 0 Å². The second-order valence-corrected chi connectivity index (χ2v) is 5.76. The second kappa shape index (κ2) is 7.52. The van der Waals surface area contributed by atoms with Crippen LogP contribution in [0.3, 0.4) is 0 Å². The topological polar surface area (TPSA) is 52.6 Å². The molecule has 0 bridgehead atoms. The lowest BCUT2D eigenvalue weighted by Crippen LogP contribution is -2.42. The summed E-state index contributed by atoms with van der Waals surface area (Å²) in [5.74, 6) is 0.0596. The Morgan fingerprint density at radius 2 is 2.00 bits per heavy atom. The molecule has 0 spiro atoms. The highest BCUT2D eigenvalue weighted by Gasteiger charge is 2.23. The Morgan fingerprint density at radius 3 is 2.57 bits per heavy atom. The van der Waals surface area contributed by atoms with Gasteiger partial charge in [0.1, 0.15) is 5.82 Å². The van der Waals surface area contributed by atoms with Gasteiger partial charge in [-0.25, -0.2) is 4.39 Å². The van der Waals surface area contributed by atoms with Gasteiger partial charge in [0.25, 0.3) is 0 Å². The summed E-state index contributed by atoms with van der Waals surface area (Å²) < 4.78 is 12.8. The van der Waals surface area contributed by atoms with Crippen molar-refractivity contribution >= 4 is 5.91 Å². The summed E-state index contributed by atoms with van der Waals surface area (Å²) in [6, 6.07) is 6.12. The predicted molar refractivity (Wildman–Crippen MR) is 79.1 cm³/mol. The van der Waals surface area contributed by atoms with Crippen molar-refractivity contribution in [2.75, 3.05) is 19.6 Å². The van der Waals surface area contributed by atoms with E-state index in [1.54, 1.807) is 12.1 Å². The summed E-state index contributed by atoms with van der Waals surface area (Å²) >= 11 is 0. The third-order valence-electron chi connectivity index (χ3n) is 4.08. The van der Waals surface area contributed by atoms with Crippen molar-refractivity contribution in [3.05, 3.63) is 35.6 Å². The largest absolute Gasteiger partial charge is 0.393 e. The molecule has 0 saturated carbocycles. The number of amides is 1. The van der Waals surface area contributed by atoms with E-state index in [2.05, 4.69) is 10.2 Å². The number of carbonyl (C=O) groups is 1. The minimum absolute atomic E-state index is 0.0187. The van der Waals surface area contributed by atoms with Crippen molar-refractivity contribution in [1.82, 2.24) is 10.2 Å². The minimum atomic E-state index is -0.272. The first-order valence-electron chi connectivity index (χ1n) is 7.46. The highest BCUT2D eigenvalue weighted by molar-refractivity contribution is 5.78. The summed E-state index contributed by atoms with van der Waals surface area (Å²) in [6.07, 6.45) is 1.60. The normalized spacial score (nSPS) is 18.4. The molecule has 2 N–H and O–H groups in total. The average molecular weight is 294 g/mol. The van der Waals surface area contributed by atoms with Crippen LogP contribution in [0.2, 0.25) is 0 Å². The Bertz CT molecular complexity index is 454. The van der Waals surface area contributed by atoms with Gasteiger partial charge < -0.3 is 10.4 Å². The number of halogens is 1. The van der Waals surface area contributed by atoms with E-state index in [4.69, 9.17) is 0 Å². The summed E-state index contributed by atoms with van der Waals surface area (Å²) in [6.45, 7) is 4.33. The van der Waals surface area contributed by atoms with E-state index in [1.165, 1.54) is 12.1 Å². The highest BCUT2D eigenvalue weighted by atomic mass is 19.1. The number of aliphatic hydroxyl groups is 1. The maximum atomic E-state index is 12.8. The minimum Gasteiger partial charge on any atom is -0.393 e. The first kappa shape index (κ1) is 15.9. The van der Waals surface area contributed by atoms with Crippen LogP contribution in [0, 0.1) is 11.7 Å². The number of nitrogens with zero attached hydrogens (tertiary/aromatic N) is 1. The molecule has 1 saturated heterocycles. The molecule has 1 aliphatic heterocycles. The third kappa shape index (κ3) is 5.10. The van der Waals surface area contributed by atoms with Crippen molar-refractivity contribution < 1.29 is 14.3 Å². The molecule has 1 unspecified atom stereocenters. The molecule has 1 heterocycles. The maximum Gasteiger partial charge on any atom is 0.234 e. The number of carbonyl (C=O) groups excluding carboxylic acids is 1. The molecule has 1 aromatic rings. The molecule has 4 nitrogen and oxygen atoms in total. The number of aliphatic hydroxyl groups excluding tert-OH is 1. The zero-order valence-corrected chi connectivity index (χ0v) is 12.4. The number of hydrogen-bond donors (Lipinski definition) is 2. The van der Waals surface area contributed by atoms with E-state index < -0.39 is 0 Å². The summed E-state index contributed by atoms with van der Waals surface area (Å²) in [5, 5.41) is 12.4. The number of nitrogens with one attached hydrogen (secondary N) is 1. The fourth-order valence-electron chi connectivity index (χ4n) is 2.66. The Morgan fingerprint density at radius 1 is 1.38 bits per heavy atom. The molecule has 5 heteroatoms. The van der Waals surface area contributed by atoms with E-state index in [1.807, 2.05) is 6.92 Å². The van der Waals surface area contributed by atoms with E-state index in [9.17, 15) is 14.3 Å². The van der Waals surface area contributed by atoms with Crippen LogP contribution in [-0.4, -0.2) is 41.7 Å². The van der Waals surface area contributed by atoms with Gasteiger partial charge in [0, 0.05) is 6.54 Å². The van der Waals surface area contributed by atoms with Gasteiger partial charge in [-0.15, -0.1) is 0 Å². The van der Waals surface area contributed by atoms with Crippen LogP contribution in [0.1, 0.15) is 25.3 Å². The Balaban J connectivity index is 1.69. The molecule has 0 aliphatic carbocycles. The van der Waals surface area contributed by atoms with Gasteiger partial charge in [0.2, 0.25) is 5.91 Å². The van der Waals surface area contributed by atoms with Crippen LogP contribution < -0.4 is 5.32 Å². The zero-order valence-electron chi connectivity index (χ0n) is 12.4. The van der Waals surface area contributed by atoms with Gasteiger partial charge >= 0.3 is 0 Å². The molecule has 2 rings (SSSR count). The molecular weight excluding hydrogens is 271 g/mol. The van der Waals surface area contributed by atoms with Gasteiger partial charge in [-0.1, -0.05) is 12.1 Å². The number of rotatable bonds is 5. The highest BCUT2D eigenvalue weighted by Crippen LogP contribution is 2.20. The van der Waals surface area contributed by atoms with E-state index >= 15 is 0 Å². The average Bonchev–Trinajstić information content (AvgIpc) is 2.47. The Hall–Kier alpha value is -1.46. The van der Waals surface area contributed by atoms with Crippen molar-refractivity contribution in [2.24, 2.45) is 5.92 Å². The second-order valence-electron chi connectivity index (χ2n) is 5.76. The van der Waals surface area contributed by atoms with Crippen LogP contribution in [0.4, 0.5) is 4.39 Å². The Labute approximate surface area is 125 Å². The van der Waals surface area contributed by atoms with E-state index in [0.29, 0.717) is 19.0 Å². The smallest absolute Gasteiger partial charge is 0.234 e. The fraction of sp³-hybridized carbons (Fsp3) is 0.562. The van der Waals surface area contributed by atoms with Crippen molar-refractivity contribution in [2.45, 2.75) is 32.4 Å². The molecule has 1 aliphatic rings. The van der Waals surface area contributed by atoms with Gasteiger partial charge in [-0.2, -0.15) is 0 Å². The predicted octanol–water partition coefficient (Wildman–Crippen LogP) is 1.53. The molecule has 21 heavy (non-hydrogen) atoms. The van der Waals surface area contributed by atoms with Crippen molar-refractivity contribution in [3.63, 3.8) is 0 Å². The molecule has 0 aromatic heterocycles. The number of piperidine rings is 1. The molecule has 0 radical (unpaired) electrons. The van der Waals surface area contributed by atoms with Gasteiger partial charge in [0.05, 0.1) is 12.6 Å². The van der Waals surface area contributed by atoms with Crippen LogP contribution in [-0.2, 0) is 11.3 Å². The van der Waals surface area contributed by atoms with Crippen LogP contribution in [0.15, 0.2) is 24.3 Å². The molecule has 1 fully saturated rings. The fourth-order valence-corrected chi connectivity index (χ4v) is 2.66. The zero-order chi connectivity index (χ0) is 15.2. The lowest BCUT2D eigenvalue weighted by atomic mass is 9.92. The quantitative estimate of drug-likeness (QED) is 0.866. The molecule has 1 atom stereocenters. The van der Waals surface area contributed by atoms with Crippen LogP contribution in [0.5, 0.6) is 0 Å². The molecule has 1 amide bonds. The molecular formula is C16H23FN2O2. The van der Waals surface area contributed by atoms with Crippen LogP contribution >= 0.6 is 0 Å². The maximum absolute atomic E-state index is 12.8. The first-order valence-corrected chi connectivity index (χ1v) is 7.46. The van der Waals surface area contributed by atoms with Crippen molar-refractivity contribution in [3.8, 4) is 0 Å². The van der Waals surface area contributed by atoms with E-state index in [-0.39, 0.29) is 17.8 Å². The van der Waals surface area contributed by atoms with Crippen LogP contribution in [0.25, 0.3) is 0 Å². The lowest BCUT2D eigenvalue weighted by Gasteiger charge is -2.32. The van der Waals surface area contributed by atoms with Gasteiger partial charge in [0.15, 0.2) is 0 Å².